The fourth-order valence-corrected chi connectivity index (χ4v) is 2.15. The predicted octanol–water partition coefficient (Wildman–Crippen LogP) is 1.34. The number of anilines is 1. The van der Waals surface area contributed by atoms with Gasteiger partial charge in [-0.05, 0) is 25.5 Å². The highest BCUT2D eigenvalue weighted by Crippen LogP contribution is 2.12. The monoisotopic (exact) mass is 261 g/mol. The molecule has 1 aliphatic rings. The van der Waals surface area contributed by atoms with Crippen LogP contribution in [0.4, 0.5) is 5.82 Å². The molecule has 0 aromatic carbocycles. The molecule has 2 heterocycles. The van der Waals surface area contributed by atoms with Crippen molar-refractivity contribution < 1.29 is 9.59 Å². The van der Waals surface area contributed by atoms with Crippen molar-refractivity contribution in [3.63, 3.8) is 0 Å². The topological polar surface area (TPSA) is 53.5 Å². The maximum Gasteiger partial charge on any atom is 0.222 e. The maximum absolute atomic E-state index is 11.5. The average Bonchev–Trinajstić information content (AvgIpc) is 2.81. The van der Waals surface area contributed by atoms with Gasteiger partial charge in [-0.1, -0.05) is 0 Å². The zero-order chi connectivity index (χ0) is 13.8. The van der Waals surface area contributed by atoms with E-state index in [1.54, 1.807) is 12.3 Å². The van der Waals surface area contributed by atoms with Crippen molar-refractivity contribution in [1.82, 2.24) is 9.88 Å². The predicted molar refractivity (Wildman–Crippen MR) is 73.3 cm³/mol. The lowest BCUT2D eigenvalue weighted by molar-refractivity contribution is -0.127. The quantitative estimate of drug-likeness (QED) is 0.751. The maximum atomic E-state index is 11.5. The number of pyridine rings is 1. The Balaban J connectivity index is 1.90. The molecule has 0 unspecified atom stereocenters. The number of nitrogens with zero attached hydrogens (tertiary/aromatic N) is 3. The fourth-order valence-electron chi connectivity index (χ4n) is 2.15. The summed E-state index contributed by atoms with van der Waals surface area (Å²) in [5.74, 6) is 1.08. The number of hydrogen-bond acceptors (Lipinski definition) is 4. The molecule has 1 fully saturated rings. The molecule has 1 amide bonds. The summed E-state index contributed by atoms with van der Waals surface area (Å²) in [5, 5.41) is 0. The Morgan fingerprint density at radius 1 is 1.47 bits per heavy atom. The first-order chi connectivity index (χ1) is 9.08. The van der Waals surface area contributed by atoms with E-state index in [1.165, 1.54) is 6.92 Å². The lowest BCUT2D eigenvalue weighted by Crippen LogP contribution is -2.34. The van der Waals surface area contributed by atoms with Crippen molar-refractivity contribution in [2.75, 3.05) is 31.6 Å². The number of likely N-dealkylation sites (tertiary alicyclic amines) is 1. The second-order valence-corrected chi connectivity index (χ2v) is 4.87. The first-order valence-corrected chi connectivity index (χ1v) is 6.54. The summed E-state index contributed by atoms with van der Waals surface area (Å²) in [6, 6.07) is 3.62. The number of likely N-dealkylation sites (N-methyl/N-ethyl adjacent to an activating group) is 1. The molecular formula is C14H19N3O2. The molecule has 1 aliphatic heterocycles. The van der Waals surface area contributed by atoms with Crippen LogP contribution in [0.2, 0.25) is 0 Å². The Morgan fingerprint density at radius 2 is 2.26 bits per heavy atom. The van der Waals surface area contributed by atoms with E-state index in [4.69, 9.17) is 0 Å². The Bertz CT molecular complexity index is 470. The summed E-state index contributed by atoms with van der Waals surface area (Å²) in [6.07, 6.45) is 3.23. The van der Waals surface area contributed by atoms with Crippen molar-refractivity contribution >= 4 is 17.5 Å². The first-order valence-electron chi connectivity index (χ1n) is 6.54. The molecule has 19 heavy (non-hydrogen) atoms. The second-order valence-electron chi connectivity index (χ2n) is 4.87. The SMILES string of the molecule is CC(=O)c1ccc(N(C)CCN2CCCC2=O)nc1. The Morgan fingerprint density at radius 3 is 2.79 bits per heavy atom. The van der Waals surface area contributed by atoms with Gasteiger partial charge in [0.15, 0.2) is 5.78 Å². The highest BCUT2D eigenvalue weighted by Gasteiger charge is 2.19. The van der Waals surface area contributed by atoms with Gasteiger partial charge in [0.25, 0.3) is 0 Å². The van der Waals surface area contributed by atoms with Crippen LogP contribution in [0.1, 0.15) is 30.1 Å². The molecule has 2 rings (SSSR count). The number of carbonyl (C=O) groups is 2. The molecule has 0 radical (unpaired) electrons. The Hall–Kier alpha value is -1.91. The van der Waals surface area contributed by atoms with Gasteiger partial charge in [-0.25, -0.2) is 4.98 Å². The van der Waals surface area contributed by atoms with Gasteiger partial charge in [0, 0.05) is 44.9 Å². The molecular weight excluding hydrogens is 242 g/mol. The van der Waals surface area contributed by atoms with Gasteiger partial charge >= 0.3 is 0 Å². The van der Waals surface area contributed by atoms with Gasteiger partial charge in [0.2, 0.25) is 5.91 Å². The lowest BCUT2D eigenvalue weighted by atomic mass is 10.2. The van der Waals surface area contributed by atoms with Crippen molar-refractivity contribution in [2.45, 2.75) is 19.8 Å². The van der Waals surface area contributed by atoms with Crippen LogP contribution in [-0.4, -0.2) is 48.3 Å². The zero-order valence-corrected chi connectivity index (χ0v) is 11.4. The third-order valence-electron chi connectivity index (χ3n) is 3.42. The molecule has 102 valence electrons. The minimum Gasteiger partial charge on any atom is -0.358 e. The van der Waals surface area contributed by atoms with E-state index in [1.807, 2.05) is 22.9 Å². The molecule has 5 heteroatoms. The highest BCUT2D eigenvalue weighted by atomic mass is 16.2. The second kappa shape index (κ2) is 5.82. The summed E-state index contributed by atoms with van der Waals surface area (Å²) in [5.41, 5.74) is 0.617. The van der Waals surface area contributed by atoms with E-state index in [-0.39, 0.29) is 11.7 Å². The normalized spacial score (nSPS) is 14.8. The van der Waals surface area contributed by atoms with Crippen LogP contribution in [0, 0.1) is 0 Å². The number of hydrogen-bond donors (Lipinski definition) is 0. The van der Waals surface area contributed by atoms with Gasteiger partial charge in [0.1, 0.15) is 5.82 Å². The van der Waals surface area contributed by atoms with Crippen LogP contribution in [0.25, 0.3) is 0 Å². The molecule has 0 atom stereocenters. The average molecular weight is 261 g/mol. The van der Waals surface area contributed by atoms with Crippen LogP contribution < -0.4 is 4.90 Å². The number of ketones is 1. The third kappa shape index (κ3) is 3.30. The Labute approximate surface area is 113 Å². The fraction of sp³-hybridized carbons (Fsp3) is 0.500. The molecule has 0 N–H and O–H groups in total. The van der Waals surface area contributed by atoms with E-state index in [0.717, 1.165) is 31.9 Å². The minimum absolute atomic E-state index is 0.0179. The van der Waals surface area contributed by atoms with Gasteiger partial charge < -0.3 is 9.80 Å². The van der Waals surface area contributed by atoms with Crippen LogP contribution in [0.3, 0.4) is 0 Å². The van der Waals surface area contributed by atoms with Crippen LogP contribution in [-0.2, 0) is 4.79 Å². The lowest BCUT2D eigenvalue weighted by Gasteiger charge is -2.22. The summed E-state index contributed by atoms with van der Waals surface area (Å²) < 4.78 is 0. The van der Waals surface area contributed by atoms with Crippen molar-refractivity contribution in [3.8, 4) is 0 Å². The van der Waals surface area contributed by atoms with Gasteiger partial charge in [-0.2, -0.15) is 0 Å². The summed E-state index contributed by atoms with van der Waals surface area (Å²) in [4.78, 5) is 30.8. The summed E-state index contributed by atoms with van der Waals surface area (Å²) in [6.45, 7) is 3.87. The van der Waals surface area contributed by atoms with E-state index in [9.17, 15) is 9.59 Å². The largest absolute Gasteiger partial charge is 0.358 e. The number of amides is 1. The van der Waals surface area contributed by atoms with Gasteiger partial charge in [0.05, 0.1) is 0 Å². The van der Waals surface area contributed by atoms with Crippen LogP contribution in [0.5, 0.6) is 0 Å². The molecule has 5 nitrogen and oxygen atoms in total. The van der Waals surface area contributed by atoms with E-state index in [0.29, 0.717) is 12.0 Å². The standard InChI is InChI=1S/C14H19N3O2/c1-11(18)12-5-6-13(15-10-12)16(2)8-9-17-7-3-4-14(17)19/h5-6,10H,3-4,7-9H2,1-2H3. The van der Waals surface area contributed by atoms with Crippen molar-refractivity contribution in [3.05, 3.63) is 23.9 Å². The molecule has 0 aliphatic carbocycles. The zero-order valence-electron chi connectivity index (χ0n) is 11.4. The molecule has 1 aromatic heterocycles. The third-order valence-corrected chi connectivity index (χ3v) is 3.42. The molecule has 0 spiro atoms. The summed E-state index contributed by atoms with van der Waals surface area (Å²) in [7, 11) is 1.94. The van der Waals surface area contributed by atoms with Gasteiger partial charge in [-0.15, -0.1) is 0 Å². The van der Waals surface area contributed by atoms with E-state index >= 15 is 0 Å². The number of Topliss-reactive ketones (excluding diaryl/α,β-unsaturated/α-hetero) is 1. The highest BCUT2D eigenvalue weighted by molar-refractivity contribution is 5.93. The smallest absolute Gasteiger partial charge is 0.222 e. The van der Waals surface area contributed by atoms with E-state index in [2.05, 4.69) is 4.98 Å². The van der Waals surface area contributed by atoms with Crippen molar-refractivity contribution in [1.29, 1.82) is 0 Å². The van der Waals surface area contributed by atoms with Crippen LogP contribution in [0.15, 0.2) is 18.3 Å². The van der Waals surface area contributed by atoms with E-state index < -0.39 is 0 Å². The van der Waals surface area contributed by atoms with Crippen LogP contribution >= 0.6 is 0 Å². The Kier molecular flexibility index (Phi) is 4.14. The van der Waals surface area contributed by atoms with Crippen molar-refractivity contribution in [2.24, 2.45) is 0 Å². The summed E-state index contributed by atoms with van der Waals surface area (Å²) >= 11 is 0. The first kappa shape index (κ1) is 13.5. The molecule has 0 saturated carbocycles. The number of aromatic nitrogens is 1. The molecule has 1 saturated heterocycles. The number of rotatable bonds is 5. The minimum atomic E-state index is 0.0179. The molecule has 1 aromatic rings. The van der Waals surface area contributed by atoms with Gasteiger partial charge in [-0.3, -0.25) is 9.59 Å². The number of carbonyl (C=O) groups excluding carboxylic acids is 2. The molecule has 0 bridgehead atoms.